The number of nitrogens with zero attached hydrogens (tertiary/aromatic N) is 1. The third-order valence-corrected chi connectivity index (χ3v) is 4.08. The monoisotopic (exact) mass is 280 g/mol. The number of hydrogen-bond donors (Lipinski definition) is 1. The number of methoxy groups -OCH3 is 1. The van der Waals surface area contributed by atoms with Crippen LogP contribution in [0, 0.1) is 11.3 Å². The van der Waals surface area contributed by atoms with Gasteiger partial charge in [0, 0.05) is 29.3 Å². The first-order valence-electron chi connectivity index (χ1n) is 5.75. The summed E-state index contributed by atoms with van der Waals surface area (Å²) in [4.78, 5) is 11.9. The normalized spacial score (nSPS) is 13.3. The molecule has 2 unspecified atom stereocenters. The highest BCUT2D eigenvalue weighted by molar-refractivity contribution is 7.86. The van der Waals surface area contributed by atoms with Crippen molar-refractivity contribution < 1.29 is 13.7 Å². The van der Waals surface area contributed by atoms with Crippen LogP contribution in [0.1, 0.15) is 12.5 Å². The highest BCUT2D eigenvalue weighted by atomic mass is 32.2. The number of amides is 1. The summed E-state index contributed by atoms with van der Waals surface area (Å²) in [5, 5.41) is 10.8. The summed E-state index contributed by atoms with van der Waals surface area (Å²) in [6, 6.07) is 8.58. The van der Waals surface area contributed by atoms with E-state index in [0.717, 1.165) is 0 Å². The molecule has 0 saturated heterocycles. The van der Waals surface area contributed by atoms with Crippen LogP contribution in [0.3, 0.4) is 0 Å². The SMILES string of the molecule is COCCS(=O)C(C)C(=O)Nc1cccc(C#N)c1. The molecular formula is C13H16N2O3S. The van der Waals surface area contributed by atoms with Gasteiger partial charge >= 0.3 is 0 Å². The van der Waals surface area contributed by atoms with Gasteiger partial charge < -0.3 is 10.1 Å². The highest BCUT2D eigenvalue weighted by Crippen LogP contribution is 2.11. The van der Waals surface area contributed by atoms with E-state index in [0.29, 0.717) is 23.6 Å². The van der Waals surface area contributed by atoms with E-state index in [1.54, 1.807) is 31.2 Å². The minimum atomic E-state index is -1.28. The molecule has 2 atom stereocenters. The fraction of sp³-hybridized carbons (Fsp3) is 0.385. The fourth-order valence-electron chi connectivity index (χ4n) is 1.37. The zero-order chi connectivity index (χ0) is 14.3. The Morgan fingerprint density at radius 3 is 2.95 bits per heavy atom. The molecule has 0 aliphatic carbocycles. The lowest BCUT2D eigenvalue weighted by molar-refractivity contribution is -0.115. The predicted octanol–water partition coefficient (Wildman–Crippen LogP) is 1.28. The Balaban J connectivity index is 2.63. The third-order valence-electron chi connectivity index (χ3n) is 2.51. The standard InChI is InChI=1S/C13H16N2O3S/c1-10(19(17)7-6-18-2)13(16)15-12-5-3-4-11(8-12)9-14/h3-5,8,10H,6-7H2,1-2H3,(H,15,16). The lowest BCUT2D eigenvalue weighted by Gasteiger charge is -2.12. The molecule has 0 fully saturated rings. The molecule has 1 aromatic rings. The molecule has 6 heteroatoms. The maximum Gasteiger partial charge on any atom is 0.239 e. The molecule has 0 bridgehead atoms. The van der Waals surface area contributed by atoms with Gasteiger partial charge in [-0.2, -0.15) is 5.26 Å². The second-order valence-corrected chi connectivity index (χ2v) is 5.78. The molecule has 0 aliphatic rings. The second kappa shape index (κ2) is 7.67. The Bertz CT molecular complexity index is 511. The van der Waals surface area contributed by atoms with Crippen LogP contribution in [0.25, 0.3) is 0 Å². The van der Waals surface area contributed by atoms with Crippen molar-refractivity contribution in [3.63, 3.8) is 0 Å². The highest BCUT2D eigenvalue weighted by Gasteiger charge is 2.19. The molecule has 0 aromatic heterocycles. The Kier molecular flexibility index (Phi) is 6.19. The van der Waals surface area contributed by atoms with Gasteiger partial charge in [-0.1, -0.05) is 6.07 Å². The van der Waals surface area contributed by atoms with E-state index >= 15 is 0 Å². The van der Waals surface area contributed by atoms with Crippen molar-refractivity contribution in [2.45, 2.75) is 12.2 Å². The van der Waals surface area contributed by atoms with Crippen LogP contribution in [0.15, 0.2) is 24.3 Å². The van der Waals surface area contributed by atoms with Gasteiger partial charge in [0.25, 0.3) is 0 Å². The van der Waals surface area contributed by atoms with Gasteiger partial charge in [0.05, 0.1) is 18.2 Å². The van der Waals surface area contributed by atoms with Crippen LogP contribution in [0.2, 0.25) is 0 Å². The number of nitriles is 1. The van der Waals surface area contributed by atoms with Gasteiger partial charge in [-0.25, -0.2) is 0 Å². The summed E-state index contributed by atoms with van der Waals surface area (Å²) >= 11 is 0. The number of ether oxygens (including phenoxy) is 1. The first-order valence-corrected chi connectivity index (χ1v) is 7.14. The predicted molar refractivity (Wildman–Crippen MR) is 74.1 cm³/mol. The van der Waals surface area contributed by atoms with Gasteiger partial charge in [-0.3, -0.25) is 9.00 Å². The second-order valence-electron chi connectivity index (χ2n) is 3.90. The minimum Gasteiger partial charge on any atom is -0.384 e. The van der Waals surface area contributed by atoms with Crippen molar-refractivity contribution >= 4 is 22.4 Å². The van der Waals surface area contributed by atoms with Crippen LogP contribution in [0.4, 0.5) is 5.69 Å². The number of nitrogens with one attached hydrogen (secondary N) is 1. The lowest BCUT2D eigenvalue weighted by Crippen LogP contribution is -2.31. The molecule has 0 spiro atoms. The topological polar surface area (TPSA) is 79.2 Å². The number of rotatable bonds is 6. The molecule has 5 nitrogen and oxygen atoms in total. The van der Waals surface area contributed by atoms with E-state index in [1.165, 1.54) is 7.11 Å². The summed E-state index contributed by atoms with van der Waals surface area (Å²) in [6.07, 6.45) is 0. The van der Waals surface area contributed by atoms with E-state index in [1.807, 2.05) is 6.07 Å². The Labute approximate surface area is 115 Å². The van der Waals surface area contributed by atoms with Crippen LogP contribution in [0.5, 0.6) is 0 Å². The summed E-state index contributed by atoms with van der Waals surface area (Å²) < 4.78 is 16.6. The molecule has 1 aromatic carbocycles. The molecule has 1 N–H and O–H groups in total. The smallest absolute Gasteiger partial charge is 0.239 e. The minimum absolute atomic E-state index is 0.323. The van der Waals surface area contributed by atoms with Gasteiger partial charge in [0.15, 0.2) is 0 Å². The van der Waals surface area contributed by atoms with Gasteiger partial charge in [0.1, 0.15) is 5.25 Å². The van der Waals surface area contributed by atoms with Crippen LogP contribution >= 0.6 is 0 Å². The molecule has 1 amide bonds. The summed E-state index contributed by atoms with van der Waals surface area (Å²) in [7, 11) is 0.246. The molecule has 0 heterocycles. The molecule has 0 saturated carbocycles. The maximum atomic E-state index is 11.9. The van der Waals surface area contributed by atoms with Crippen LogP contribution in [-0.4, -0.2) is 34.8 Å². The van der Waals surface area contributed by atoms with E-state index in [-0.39, 0.29) is 5.91 Å². The number of carbonyl (C=O) groups excluding carboxylic acids is 1. The fourth-order valence-corrected chi connectivity index (χ4v) is 2.35. The number of anilines is 1. The van der Waals surface area contributed by atoms with Gasteiger partial charge in [0.2, 0.25) is 5.91 Å². The molecule has 19 heavy (non-hydrogen) atoms. The van der Waals surface area contributed by atoms with Gasteiger partial charge in [-0.05, 0) is 25.1 Å². The average molecular weight is 280 g/mol. The molecule has 0 aliphatic heterocycles. The van der Waals surface area contributed by atoms with Crippen LogP contribution < -0.4 is 5.32 Å². The van der Waals surface area contributed by atoms with Crippen molar-refractivity contribution in [2.24, 2.45) is 0 Å². The summed E-state index contributed by atoms with van der Waals surface area (Å²) in [5.74, 6) is -0.00640. The zero-order valence-corrected chi connectivity index (χ0v) is 11.7. The van der Waals surface area contributed by atoms with Crippen molar-refractivity contribution in [1.29, 1.82) is 5.26 Å². The molecular weight excluding hydrogens is 264 g/mol. The van der Waals surface area contributed by atoms with Crippen molar-refractivity contribution in [3.05, 3.63) is 29.8 Å². The molecule has 102 valence electrons. The van der Waals surface area contributed by atoms with Gasteiger partial charge in [-0.15, -0.1) is 0 Å². The molecule has 1 rings (SSSR count). The Morgan fingerprint density at radius 2 is 2.32 bits per heavy atom. The lowest BCUT2D eigenvalue weighted by atomic mass is 10.2. The van der Waals surface area contributed by atoms with Crippen molar-refractivity contribution in [2.75, 3.05) is 24.8 Å². The van der Waals surface area contributed by atoms with E-state index in [9.17, 15) is 9.00 Å². The Hall–Kier alpha value is -1.71. The van der Waals surface area contributed by atoms with Crippen molar-refractivity contribution in [1.82, 2.24) is 0 Å². The first kappa shape index (κ1) is 15.3. The average Bonchev–Trinajstić information content (AvgIpc) is 2.43. The van der Waals surface area contributed by atoms with E-state index < -0.39 is 16.0 Å². The number of hydrogen-bond acceptors (Lipinski definition) is 4. The third kappa shape index (κ3) is 4.81. The zero-order valence-electron chi connectivity index (χ0n) is 10.9. The first-order chi connectivity index (χ1) is 9.08. The maximum absolute atomic E-state index is 11.9. The molecule has 0 radical (unpaired) electrons. The quantitative estimate of drug-likeness (QED) is 0.851. The number of benzene rings is 1. The van der Waals surface area contributed by atoms with E-state index in [4.69, 9.17) is 10.00 Å². The Morgan fingerprint density at radius 1 is 1.58 bits per heavy atom. The van der Waals surface area contributed by atoms with Crippen LogP contribution in [-0.2, 0) is 20.3 Å². The van der Waals surface area contributed by atoms with Crippen molar-refractivity contribution in [3.8, 4) is 6.07 Å². The summed E-state index contributed by atoms with van der Waals surface area (Å²) in [5.41, 5.74) is 0.991. The largest absolute Gasteiger partial charge is 0.384 e. The van der Waals surface area contributed by atoms with E-state index in [2.05, 4.69) is 5.32 Å². The number of carbonyl (C=O) groups is 1. The summed E-state index contributed by atoms with van der Waals surface area (Å²) in [6.45, 7) is 1.96.